The fourth-order valence-electron chi connectivity index (χ4n) is 7.76. The molecule has 6 heteroatoms. The summed E-state index contributed by atoms with van der Waals surface area (Å²) < 4.78 is 8.80. The van der Waals surface area contributed by atoms with Crippen LogP contribution in [-0.2, 0) is 22.2 Å². The van der Waals surface area contributed by atoms with Crippen LogP contribution in [0.15, 0.2) is 18.2 Å². The summed E-state index contributed by atoms with van der Waals surface area (Å²) in [6.45, 7) is 10.7. The molecule has 3 fully saturated rings. The van der Waals surface area contributed by atoms with Gasteiger partial charge in [-0.15, -0.1) is 0 Å². The minimum absolute atomic E-state index is 0.0269. The zero-order valence-corrected chi connectivity index (χ0v) is 25.5. The third-order valence-electron chi connectivity index (χ3n) is 10.6. The van der Waals surface area contributed by atoms with Crippen LogP contribution in [0.5, 0.6) is 5.75 Å². The van der Waals surface area contributed by atoms with Crippen LogP contribution in [-0.4, -0.2) is 34.2 Å². The molecule has 3 saturated carbocycles. The highest BCUT2D eigenvalue weighted by Gasteiger charge is 2.49. The molecule has 1 amide bonds. The summed E-state index contributed by atoms with van der Waals surface area (Å²) in [4.78, 5) is 25.2. The molecule has 2 N–H and O–H groups in total. The van der Waals surface area contributed by atoms with Gasteiger partial charge in [0.25, 0.3) is 5.91 Å². The Morgan fingerprint density at radius 2 is 1.71 bits per heavy atom. The number of amides is 1. The van der Waals surface area contributed by atoms with Gasteiger partial charge in [-0.1, -0.05) is 40.0 Å². The lowest BCUT2D eigenvalue weighted by atomic mass is 9.79. The van der Waals surface area contributed by atoms with Crippen molar-refractivity contribution >= 4 is 11.9 Å². The number of fused-ring (bicyclic) bond motifs is 2. The second-order valence-corrected chi connectivity index (χ2v) is 14.5. The number of benzene rings is 1. The minimum atomic E-state index is -0.715. The lowest BCUT2D eigenvalue weighted by Gasteiger charge is -2.33. The van der Waals surface area contributed by atoms with Gasteiger partial charge in [-0.2, -0.15) is 0 Å². The summed E-state index contributed by atoms with van der Waals surface area (Å²) in [7, 11) is 0. The maximum atomic E-state index is 13.7. The van der Waals surface area contributed by atoms with E-state index < -0.39 is 5.97 Å². The highest BCUT2D eigenvalue weighted by atomic mass is 16.5. The fraction of sp³-hybridized carbons (Fsp3) is 0.657. The summed E-state index contributed by atoms with van der Waals surface area (Å²) in [6, 6.07) is 6.89. The van der Waals surface area contributed by atoms with E-state index in [1.54, 1.807) is 0 Å². The summed E-state index contributed by atoms with van der Waals surface area (Å²) in [6.07, 6.45) is 12.7. The van der Waals surface area contributed by atoms with Crippen LogP contribution < -0.4 is 10.1 Å². The summed E-state index contributed by atoms with van der Waals surface area (Å²) >= 11 is 0. The van der Waals surface area contributed by atoms with E-state index in [9.17, 15) is 14.7 Å². The van der Waals surface area contributed by atoms with Gasteiger partial charge < -0.3 is 19.7 Å². The molecule has 1 aromatic heterocycles. The average Bonchev–Trinajstić information content (AvgIpc) is 3.64. The van der Waals surface area contributed by atoms with Crippen molar-refractivity contribution in [1.82, 2.24) is 9.88 Å². The lowest BCUT2D eigenvalue weighted by Crippen LogP contribution is -2.38. The molecule has 6 nitrogen and oxygen atoms in total. The average molecular weight is 561 g/mol. The van der Waals surface area contributed by atoms with Crippen LogP contribution in [0.3, 0.4) is 0 Å². The Balaban J connectivity index is 1.38. The van der Waals surface area contributed by atoms with Crippen LogP contribution in [0.2, 0.25) is 0 Å². The molecule has 2 aromatic rings. The highest BCUT2D eigenvalue weighted by Crippen LogP contribution is 2.58. The predicted molar refractivity (Wildman–Crippen MR) is 162 cm³/mol. The van der Waals surface area contributed by atoms with Gasteiger partial charge in [0.15, 0.2) is 0 Å². The van der Waals surface area contributed by atoms with E-state index in [1.807, 2.05) is 0 Å². The molecular formula is C35H48N2O4. The Bertz CT molecular complexity index is 1300. The zero-order chi connectivity index (χ0) is 28.9. The van der Waals surface area contributed by atoms with Gasteiger partial charge in [0.05, 0.1) is 18.1 Å². The van der Waals surface area contributed by atoms with Crippen LogP contribution in [0.1, 0.15) is 125 Å². The molecule has 0 atom stereocenters. The maximum absolute atomic E-state index is 13.7. The van der Waals surface area contributed by atoms with Crippen LogP contribution in [0.25, 0.3) is 11.3 Å². The Morgan fingerprint density at radius 3 is 2.34 bits per heavy atom. The number of hydrogen-bond acceptors (Lipinski definition) is 3. The maximum Gasteiger partial charge on any atom is 0.306 e. The Hall–Kier alpha value is -2.76. The number of rotatable bonds is 6. The molecule has 0 radical (unpaired) electrons. The Morgan fingerprint density at radius 1 is 1.00 bits per heavy atom. The molecule has 2 heterocycles. The van der Waals surface area contributed by atoms with E-state index in [4.69, 9.17) is 4.74 Å². The minimum Gasteiger partial charge on any atom is -0.493 e. The first-order valence-corrected chi connectivity index (χ1v) is 16.1. The van der Waals surface area contributed by atoms with Gasteiger partial charge in [-0.25, -0.2) is 0 Å². The van der Waals surface area contributed by atoms with E-state index >= 15 is 0 Å². The first-order chi connectivity index (χ1) is 19.6. The van der Waals surface area contributed by atoms with Gasteiger partial charge in [0, 0.05) is 40.5 Å². The molecule has 6 rings (SSSR count). The molecule has 41 heavy (non-hydrogen) atoms. The number of aromatic nitrogens is 1. The number of ether oxygens (including phenoxy) is 1. The van der Waals surface area contributed by atoms with Crippen molar-refractivity contribution in [2.24, 2.45) is 11.8 Å². The van der Waals surface area contributed by atoms with E-state index in [0.717, 1.165) is 55.1 Å². The number of aliphatic carboxylic acids is 1. The Kier molecular flexibility index (Phi) is 7.48. The van der Waals surface area contributed by atoms with Crippen molar-refractivity contribution in [3.8, 4) is 17.0 Å². The molecule has 1 aliphatic heterocycles. The van der Waals surface area contributed by atoms with Crippen LogP contribution >= 0.6 is 0 Å². The number of carbonyl (C=O) groups is 2. The first kappa shape index (κ1) is 28.4. The van der Waals surface area contributed by atoms with Gasteiger partial charge in [0.2, 0.25) is 0 Å². The van der Waals surface area contributed by atoms with Gasteiger partial charge >= 0.3 is 5.97 Å². The van der Waals surface area contributed by atoms with Crippen LogP contribution in [0, 0.1) is 18.8 Å². The third-order valence-corrected chi connectivity index (χ3v) is 10.6. The molecule has 222 valence electrons. The topological polar surface area (TPSA) is 80.6 Å². The second-order valence-electron chi connectivity index (χ2n) is 14.5. The van der Waals surface area contributed by atoms with Crippen molar-refractivity contribution in [2.75, 3.05) is 6.61 Å². The number of carbonyl (C=O) groups excluding carboxylic acids is 1. The van der Waals surface area contributed by atoms with Crippen LogP contribution in [0.4, 0.5) is 0 Å². The normalized spacial score (nSPS) is 24.0. The zero-order valence-electron chi connectivity index (χ0n) is 25.5. The van der Waals surface area contributed by atoms with Crippen molar-refractivity contribution in [3.05, 3.63) is 40.6 Å². The first-order valence-electron chi connectivity index (χ1n) is 16.1. The summed E-state index contributed by atoms with van der Waals surface area (Å²) in [5, 5.41) is 12.7. The number of nitrogens with zero attached hydrogens (tertiary/aromatic N) is 1. The van der Waals surface area contributed by atoms with E-state index in [1.165, 1.54) is 61.6 Å². The van der Waals surface area contributed by atoms with E-state index in [2.05, 4.69) is 55.8 Å². The summed E-state index contributed by atoms with van der Waals surface area (Å²) in [5.41, 5.74) is 6.97. The van der Waals surface area contributed by atoms with E-state index in [0.29, 0.717) is 18.8 Å². The monoisotopic (exact) mass is 560 g/mol. The molecule has 0 saturated heterocycles. The third kappa shape index (κ3) is 5.56. The second kappa shape index (κ2) is 10.8. The predicted octanol–water partition coefficient (Wildman–Crippen LogP) is 7.53. The Labute approximate surface area is 245 Å². The smallest absolute Gasteiger partial charge is 0.306 e. The fourth-order valence-corrected chi connectivity index (χ4v) is 7.76. The molecule has 0 bridgehead atoms. The van der Waals surface area contributed by atoms with E-state index in [-0.39, 0.29) is 28.7 Å². The molecule has 3 aliphatic carbocycles. The molecule has 1 aromatic carbocycles. The SMILES string of the molecule is Cc1c(C(=O)N[C@H]2CC[C@H](C(=O)O)CC2)cc(-c2cc(C(C)(C)C)c3c(c2)C2(CCO3)CC2)n1CC1CCCCC1. The van der Waals surface area contributed by atoms with Crippen molar-refractivity contribution in [1.29, 1.82) is 0 Å². The number of carboxylic acid groups (broad SMARTS) is 1. The summed E-state index contributed by atoms with van der Waals surface area (Å²) in [5.74, 6) is 0.706. The molecule has 4 aliphatic rings. The van der Waals surface area contributed by atoms with Crippen molar-refractivity contribution < 1.29 is 19.4 Å². The quantitative estimate of drug-likeness (QED) is 0.383. The standard InChI is InChI=1S/C35H48N2O4/c1-22-27(32(38)36-26-12-10-24(11-13-26)33(39)40)20-30(37(22)21-23-8-6-5-7-9-23)25-18-28(34(2,3)4)31-29(19-25)35(14-15-35)16-17-41-31/h18-20,23-24,26H,5-17,21H2,1-4H3,(H,36,38)(H,39,40)/t24-,26-. The van der Waals surface area contributed by atoms with Gasteiger partial charge in [-0.05, 0) is 99.8 Å². The largest absolute Gasteiger partial charge is 0.493 e. The van der Waals surface area contributed by atoms with Crippen molar-refractivity contribution in [2.45, 2.75) is 128 Å². The lowest BCUT2D eigenvalue weighted by molar-refractivity contribution is -0.142. The van der Waals surface area contributed by atoms with Crippen molar-refractivity contribution in [3.63, 3.8) is 0 Å². The molecule has 0 unspecified atom stereocenters. The van der Waals surface area contributed by atoms with Gasteiger partial charge in [-0.3, -0.25) is 9.59 Å². The number of carboxylic acids is 1. The molecular weight excluding hydrogens is 512 g/mol. The number of nitrogens with one attached hydrogen (secondary N) is 1. The highest BCUT2D eigenvalue weighted by molar-refractivity contribution is 5.97. The van der Waals surface area contributed by atoms with Gasteiger partial charge in [0.1, 0.15) is 5.75 Å². The molecule has 1 spiro atoms. The number of hydrogen-bond donors (Lipinski definition) is 2.